The molecule has 4 aromatic rings. The minimum Gasteiger partial charge on any atom is -0.458 e. The monoisotopic (exact) mass is 995 g/mol. The maximum atomic E-state index is 15.4. The number of nitrogens with two attached hydrogens (primary N) is 2. The molecule has 3 aliphatic rings. The van der Waals surface area contributed by atoms with Crippen LogP contribution in [-0.4, -0.2) is 99.9 Å². The van der Waals surface area contributed by atoms with E-state index in [1.165, 1.54) is 10.6 Å². The number of aromatic nitrogens is 2. The van der Waals surface area contributed by atoms with Crippen molar-refractivity contribution in [3.8, 4) is 11.4 Å². The van der Waals surface area contributed by atoms with Gasteiger partial charge in [-0.25, -0.2) is 19.0 Å². The molecule has 10 N–H and O–H groups in total. The summed E-state index contributed by atoms with van der Waals surface area (Å²) in [6.45, 7) is 6.37. The number of fused-ring (bicyclic) bond motifs is 5. The topological polar surface area (TPSA) is 322 Å². The Bertz CT molecular complexity index is 2960. The Hall–Kier alpha value is -7.43. The van der Waals surface area contributed by atoms with E-state index in [0.717, 1.165) is 0 Å². The molecule has 2 aromatic heterocycles. The van der Waals surface area contributed by atoms with Crippen molar-refractivity contribution in [3.63, 3.8) is 0 Å². The van der Waals surface area contributed by atoms with Crippen molar-refractivity contribution < 1.29 is 57.3 Å². The van der Waals surface area contributed by atoms with Gasteiger partial charge in [0.2, 0.25) is 29.5 Å². The number of amides is 5. The van der Waals surface area contributed by atoms with E-state index in [-0.39, 0.29) is 49.1 Å². The van der Waals surface area contributed by atoms with Crippen molar-refractivity contribution in [3.05, 3.63) is 97.6 Å². The number of aryl methyl sites for hydroxylation is 1. The van der Waals surface area contributed by atoms with Crippen molar-refractivity contribution in [1.29, 1.82) is 0 Å². The summed E-state index contributed by atoms with van der Waals surface area (Å²) in [5, 5.41) is 24.9. The number of carbonyl (C=O) groups is 8. The zero-order valence-corrected chi connectivity index (χ0v) is 40.5. The molecule has 0 saturated heterocycles. The standard InChI is InChI=1S/C50H58FN9O12/c1-6-50(70)29-17-35-42-27(22-60(35)47(68)28(29)23-71-48(50)69)41-31(13-12-26-24(2)30(51)18-33(59-42)40(26)41)57-32(44(53)65)14-15-38(63)72-39(64)21-54-36(61)19-55-45(66)34(16-25-10-8-7-9-11-25)58-37(62)20-56-46(67)43(52)49(3,4)5/h7-11,17-18,31-32,34,43,57,70H,6,12-16,19-23,52H2,1-5H3,(H2,53,65)(H,54,61)(H,55,66)(H,56,67)(H,58,62)/t31-,32-,34-,43?,50-/m0/s1. The number of hydrogen-bond donors (Lipinski definition) is 8. The van der Waals surface area contributed by atoms with Crippen LogP contribution in [0.1, 0.15) is 98.4 Å². The summed E-state index contributed by atoms with van der Waals surface area (Å²) in [4.78, 5) is 121. The Morgan fingerprint density at radius 1 is 0.944 bits per heavy atom. The SMILES string of the molecule is CC[C@@]1(O)C(=O)OCc2c1cc1n(c2=O)Cc2c-1nc1cc(F)c(C)c3c1c2[C@@H](N[C@@H](CCC(=O)OC(=O)CNC(=O)CNC(=O)[C@H](Cc1ccccc1)NC(=O)CNC(=O)C(N)C(C)(C)C)C(N)=O)CC3. The Morgan fingerprint density at radius 3 is 2.32 bits per heavy atom. The third kappa shape index (κ3) is 10.9. The van der Waals surface area contributed by atoms with Gasteiger partial charge in [0.05, 0.1) is 54.2 Å². The molecule has 5 atom stereocenters. The van der Waals surface area contributed by atoms with Gasteiger partial charge >= 0.3 is 17.9 Å². The lowest BCUT2D eigenvalue weighted by molar-refractivity contribution is -0.172. The van der Waals surface area contributed by atoms with Crippen LogP contribution in [0, 0.1) is 18.2 Å². The van der Waals surface area contributed by atoms with Crippen LogP contribution in [0.25, 0.3) is 22.3 Å². The fourth-order valence-corrected chi connectivity index (χ4v) is 9.25. The van der Waals surface area contributed by atoms with E-state index in [1.54, 1.807) is 71.0 Å². The number of hydrogen-bond acceptors (Lipinski definition) is 15. The number of halogens is 1. The predicted molar refractivity (Wildman–Crippen MR) is 255 cm³/mol. The summed E-state index contributed by atoms with van der Waals surface area (Å²) in [6, 6.07) is 7.69. The van der Waals surface area contributed by atoms with E-state index < -0.39 is 120 Å². The Balaban J connectivity index is 0.963. The smallest absolute Gasteiger partial charge is 0.343 e. The van der Waals surface area contributed by atoms with Crippen molar-refractivity contribution in [2.24, 2.45) is 16.9 Å². The molecule has 2 aliphatic heterocycles. The van der Waals surface area contributed by atoms with Crippen LogP contribution < -0.4 is 43.6 Å². The van der Waals surface area contributed by atoms with Gasteiger partial charge in [0.25, 0.3) is 5.56 Å². The largest absolute Gasteiger partial charge is 0.458 e. The van der Waals surface area contributed by atoms with Gasteiger partial charge in [-0.1, -0.05) is 58.0 Å². The number of esters is 3. The number of nitrogens with zero attached hydrogens (tertiary/aromatic N) is 2. The fourth-order valence-electron chi connectivity index (χ4n) is 9.25. The van der Waals surface area contributed by atoms with Gasteiger partial charge in [-0.15, -0.1) is 0 Å². The van der Waals surface area contributed by atoms with Crippen LogP contribution in [0.3, 0.4) is 0 Å². The molecule has 5 amide bonds. The Morgan fingerprint density at radius 2 is 1.64 bits per heavy atom. The van der Waals surface area contributed by atoms with Crippen molar-refractivity contribution in [2.45, 2.75) is 116 Å². The molecule has 0 spiro atoms. The average molecular weight is 996 g/mol. The summed E-state index contributed by atoms with van der Waals surface area (Å²) < 4.78 is 27.0. The minimum atomic E-state index is -2.08. The summed E-state index contributed by atoms with van der Waals surface area (Å²) in [7, 11) is 0. The molecule has 4 heterocycles. The molecule has 0 saturated carbocycles. The number of pyridine rings is 2. The highest BCUT2D eigenvalue weighted by Crippen LogP contribution is 2.46. The predicted octanol–water partition coefficient (Wildman–Crippen LogP) is 0.257. The highest BCUT2D eigenvalue weighted by atomic mass is 19.1. The van der Waals surface area contributed by atoms with Gasteiger partial charge < -0.3 is 51.9 Å². The Kier molecular flexibility index (Phi) is 15.4. The molecular formula is C50H58FN9O12. The second-order valence-corrected chi connectivity index (χ2v) is 19.3. The summed E-state index contributed by atoms with van der Waals surface area (Å²) in [5.74, 6) is -7.20. The molecule has 22 heteroatoms. The zero-order valence-electron chi connectivity index (χ0n) is 40.5. The Labute approximate surface area is 412 Å². The molecule has 21 nitrogen and oxygen atoms in total. The number of nitrogens with one attached hydrogen (secondary N) is 5. The number of carbonyl (C=O) groups excluding carboxylic acids is 8. The third-order valence-electron chi connectivity index (χ3n) is 13.4. The molecule has 7 rings (SSSR count). The van der Waals surface area contributed by atoms with Gasteiger partial charge in [0.15, 0.2) is 5.60 Å². The van der Waals surface area contributed by atoms with Gasteiger partial charge in [0.1, 0.15) is 25.0 Å². The van der Waals surface area contributed by atoms with Crippen molar-refractivity contribution >= 4 is 58.3 Å². The van der Waals surface area contributed by atoms with Crippen LogP contribution >= 0.6 is 0 Å². The van der Waals surface area contributed by atoms with E-state index in [2.05, 4.69) is 26.6 Å². The quantitative estimate of drug-likeness (QED) is 0.0431. The first kappa shape index (κ1) is 52.4. The molecule has 0 fully saturated rings. The van der Waals surface area contributed by atoms with Gasteiger partial charge in [-0.05, 0) is 66.3 Å². The number of rotatable bonds is 18. The highest BCUT2D eigenvalue weighted by molar-refractivity contribution is 5.95. The van der Waals surface area contributed by atoms with Crippen LogP contribution in [0.5, 0.6) is 0 Å². The minimum absolute atomic E-state index is 0.0174. The molecule has 1 aliphatic carbocycles. The summed E-state index contributed by atoms with van der Waals surface area (Å²) >= 11 is 0. The number of aliphatic hydroxyl groups is 1. The lowest BCUT2D eigenvalue weighted by Gasteiger charge is -2.32. The van der Waals surface area contributed by atoms with Crippen LogP contribution in [0.15, 0.2) is 47.3 Å². The molecule has 2 aromatic carbocycles. The van der Waals surface area contributed by atoms with E-state index in [1.807, 2.05) is 0 Å². The number of benzene rings is 2. The first-order valence-electron chi connectivity index (χ1n) is 23.5. The van der Waals surface area contributed by atoms with Gasteiger partial charge in [-0.2, -0.15) is 0 Å². The maximum absolute atomic E-state index is 15.4. The lowest BCUT2D eigenvalue weighted by atomic mass is 9.81. The van der Waals surface area contributed by atoms with Crippen LogP contribution in [0.4, 0.5) is 4.39 Å². The summed E-state index contributed by atoms with van der Waals surface area (Å²) in [6.07, 6.45) is -0.0243. The molecule has 1 unspecified atom stereocenters. The van der Waals surface area contributed by atoms with E-state index >= 15 is 4.39 Å². The first-order chi connectivity index (χ1) is 34.0. The van der Waals surface area contributed by atoms with Crippen molar-refractivity contribution in [2.75, 3.05) is 19.6 Å². The third-order valence-corrected chi connectivity index (χ3v) is 13.4. The van der Waals surface area contributed by atoms with E-state index in [9.17, 15) is 48.3 Å². The fraction of sp³-hybridized carbons (Fsp3) is 0.440. The summed E-state index contributed by atoms with van der Waals surface area (Å²) in [5.41, 5.74) is 12.8. The molecule has 382 valence electrons. The van der Waals surface area contributed by atoms with E-state index in [4.69, 9.17) is 25.9 Å². The van der Waals surface area contributed by atoms with Gasteiger partial charge in [-0.3, -0.25) is 38.9 Å². The van der Waals surface area contributed by atoms with Crippen LogP contribution in [-0.2, 0) is 79.4 Å². The van der Waals surface area contributed by atoms with Crippen LogP contribution in [0.2, 0.25) is 0 Å². The molecule has 0 radical (unpaired) electrons. The second-order valence-electron chi connectivity index (χ2n) is 19.3. The number of cyclic esters (lactones) is 1. The highest BCUT2D eigenvalue weighted by Gasteiger charge is 2.46. The maximum Gasteiger partial charge on any atom is 0.343 e. The molecular weight excluding hydrogens is 938 g/mol. The first-order valence-corrected chi connectivity index (χ1v) is 23.5. The van der Waals surface area contributed by atoms with Gasteiger partial charge in [0, 0.05) is 41.5 Å². The molecule has 72 heavy (non-hydrogen) atoms. The van der Waals surface area contributed by atoms with E-state index in [0.29, 0.717) is 57.4 Å². The van der Waals surface area contributed by atoms with Crippen molar-refractivity contribution in [1.82, 2.24) is 36.1 Å². The average Bonchev–Trinajstić information content (AvgIpc) is 3.71. The molecule has 0 bridgehead atoms. The lowest BCUT2D eigenvalue weighted by Crippen LogP contribution is -2.54. The number of ether oxygens (including phenoxy) is 2. The number of primary amides is 1. The zero-order chi connectivity index (χ0) is 52.4. The normalized spacial score (nSPS) is 17.8. The second kappa shape index (κ2) is 21.1.